The molecule has 3 aromatic rings. The molecule has 0 bridgehead atoms. The van der Waals surface area contributed by atoms with Crippen LogP contribution in [0.4, 0.5) is 5.95 Å². The van der Waals surface area contributed by atoms with Gasteiger partial charge in [-0.1, -0.05) is 54.0 Å². The minimum atomic E-state index is -0.280. The maximum atomic E-state index is 13.1. The predicted octanol–water partition coefficient (Wildman–Crippen LogP) is 5.28. The molecule has 1 aliphatic heterocycles. The smallest absolute Gasteiger partial charge is 0.226 e. The SMILES string of the molecule is CC1(C)CC(=O)C2=C(C1)Nc1ncnn1C2c1ccc(OCc2ccc(Br)cc2)cc1. The summed E-state index contributed by atoms with van der Waals surface area (Å²) in [5.74, 6) is 1.62. The highest BCUT2D eigenvalue weighted by Crippen LogP contribution is 2.45. The van der Waals surface area contributed by atoms with Crippen LogP contribution in [0.1, 0.15) is 43.9 Å². The molecule has 5 rings (SSSR count). The number of fused-ring (bicyclic) bond motifs is 1. The number of ether oxygens (including phenoxy) is 1. The number of ketones is 1. The van der Waals surface area contributed by atoms with Gasteiger partial charge in [0.1, 0.15) is 24.7 Å². The zero-order chi connectivity index (χ0) is 21.6. The molecule has 1 aromatic heterocycles. The summed E-state index contributed by atoms with van der Waals surface area (Å²) in [6.07, 6.45) is 2.87. The van der Waals surface area contributed by atoms with Crippen LogP contribution in [0, 0.1) is 5.41 Å². The molecule has 6 nitrogen and oxygen atoms in total. The number of halogens is 1. The molecule has 2 heterocycles. The van der Waals surface area contributed by atoms with Gasteiger partial charge in [0.2, 0.25) is 5.95 Å². The Morgan fingerprint density at radius 2 is 1.87 bits per heavy atom. The zero-order valence-corrected chi connectivity index (χ0v) is 19.0. The second-order valence-electron chi connectivity index (χ2n) is 8.87. The van der Waals surface area contributed by atoms with E-state index in [9.17, 15) is 4.79 Å². The van der Waals surface area contributed by atoms with Crippen molar-refractivity contribution >= 4 is 27.7 Å². The van der Waals surface area contributed by atoms with Crippen LogP contribution in [-0.4, -0.2) is 20.5 Å². The first-order chi connectivity index (χ1) is 14.9. The van der Waals surface area contributed by atoms with Crippen LogP contribution in [0.15, 0.2) is 70.6 Å². The molecule has 1 aliphatic carbocycles. The Bertz CT molecular complexity index is 1160. The van der Waals surface area contributed by atoms with Crippen LogP contribution in [0.25, 0.3) is 0 Å². The van der Waals surface area contributed by atoms with Gasteiger partial charge in [-0.2, -0.15) is 10.1 Å². The summed E-state index contributed by atoms with van der Waals surface area (Å²) in [7, 11) is 0. The standard InChI is InChI=1S/C24H23BrN4O2/c1-24(2)11-19-21(20(30)12-24)22(29-23(28-19)26-14-27-29)16-5-9-18(10-6-16)31-13-15-3-7-17(25)8-4-15/h3-10,14,22H,11-13H2,1-2H3,(H,26,27,28). The van der Waals surface area contributed by atoms with E-state index < -0.39 is 0 Å². The summed E-state index contributed by atoms with van der Waals surface area (Å²) in [6.45, 7) is 4.75. The van der Waals surface area contributed by atoms with Gasteiger partial charge in [0.05, 0.1) is 0 Å². The van der Waals surface area contributed by atoms with E-state index >= 15 is 0 Å². The van der Waals surface area contributed by atoms with E-state index in [-0.39, 0.29) is 17.2 Å². The number of hydrogen-bond acceptors (Lipinski definition) is 5. The number of benzene rings is 2. The van der Waals surface area contributed by atoms with Crippen LogP contribution in [0.2, 0.25) is 0 Å². The number of nitrogens with zero attached hydrogens (tertiary/aromatic N) is 3. The molecular weight excluding hydrogens is 456 g/mol. The first-order valence-corrected chi connectivity index (χ1v) is 11.1. The zero-order valence-electron chi connectivity index (χ0n) is 17.4. The molecule has 158 valence electrons. The molecule has 0 radical (unpaired) electrons. The van der Waals surface area contributed by atoms with Gasteiger partial charge in [-0.15, -0.1) is 0 Å². The topological polar surface area (TPSA) is 69.0 Å². The Labute approximate surface area is 189 Å². The van der Waals surface area contributed by atoms with Crippen molar-refractivity contribution in [2.45, 2.75) is 39.3 Å². The van der Waals surface area contributed by atoms with Gasteiger partial charge in [-0.3, -0.25) is 4.79 Å². The van der Waals surface area contributed by atoms with Crippen molar-refractivity contribution in [2.75, 3.05) is 5.32 Å². The maximum absolute atomic E-state index is 13.1. The number of nitrogens with one attached hydrogen (secondary N) is 1. The Kier molecular flexibility index (Phi) is 4.93. The van der Waals surface area contributed by atoms with Gasteiger partial charge in [-0.05, 0) is 47.2 Å². The Balaban J connectivity index is 1.42. The molecule has 1 unspecified atom stereocenters. The van der Waals surface area contributed by atoms with Crippen molar-refractivity contribution in [3.63, 3.8) is 0 Å². The van der Waals surface area contributed by atoms with Crippen molar-refractivity contribution in [3.8, 4) is 5.75 Å². The summed E-state index contributed by atoms with van der Waals surface area (Å²) in [5.41, 5.74) is 3.77. The number of anilines is 1. The lowest BCUT2D eigenvalue weighted by molar-refractivity contribution is -0.118. The largest absolute Gasteiger partial charge is 0.489 e. The maximum Gasteiger partial charge on any atom is 0.226 e. The fourth-order valence-electron chi connectivity index (χ4n) is 4.35. The molecule has 0 fully saturated rings. The highest BCUT2D eigenvalue weighted by atomic mass is 79.9. The number of hydrogen-bond donors (Lipinski definition) is 1. The molecular formula is C24H23BrN4O2. The molecule has 7 heteroatoms. The number of aromatic nitrogens is 3. The summed E-state index contributed by atoms with van der Waals surface area (Å²) in [4.78, 5) is 17.5. The van der Waals surface area contributed by atoms with Crippen LogP contribution in [-0.2, 0) is 11.4 Å². The van der Waals surface area contributed by atoms with E-state index in [0.29, 0.717) is 19.0 Å². The van der Waals surface area contributed by atoms with Gasteiger partial charge >= 0.3 is 0 Å². The average Bonchev–Trinajstić information content (AvgIpc) is 3.19. The van der Waals surface area contributed by atoms with Crippen molar-refractivity contribution in [2.24, 2.45) is 5.41 Å². The molecule has 31 heavy (non-hydrogen) atoms. The lowest BCUT2D eigenvalue weighted by atomic mass is 9.73. The van der Waals surface area contributed by atoms with Gasteiger partial charge in [0.25, 0.3) is 0 Å². The minimum absolute atomic E-state index is 0.0691. The van der Waals surface area contributed by atoms with Crippen LogP contribution in [0.3, 0.4) is 0 Å². The first kappa shape index (κ1) is 20.0. The Hall–Kier alpha value is -2.93. The van der Waals surface area contributed by atoms with E-state index in [1.165, 1.54) is 6.33 Å². The number of allylic oxidation sites excluding steroid dienone is 2. The van der Waals surface area contributed by atoms with Crippen molar-refractivity contribution in [1.29, 1.82) is 0 Å². The lowest BCUT2D eigenvalue weighted by Gasteiger charge is -2.38. The van der Waals surface area contributed by atoms with Gasteiger partial charge in [0, 0.05) is 22.2 Å². The van der Waals surface area contributed by atoms with Crippen molar-refractivity contribution in [1.82, 2.24) is 14.8 Å². The van der Waals surface area contributed by atoms with Crippen molar-refractivity contribution in [3.05, 3.63) is 81.7 Å². The lowest BCUT2D eigenvalue weighted by Crippen LogP contribution is -2.36. The van der Waals surface area contributed by atoms with Gasteiger partial charge in [0.15, 0.2) is 5.78 Å². The van der Waals surface area contributed by atoms with E-state index in [0.717, 1.165) is 39.0 Å². The van der Waals surface area contributed by atoms with Crippen LogP contribution in [0.5, 0.6) is 5.75 Å². The molecule has 0 amide bonds. The number of carbonyl (C=O) groups is 1. The third-order valence-electron chi connectivity index (χ3n) is 5.79. The number of Topliss-reactive ketones (excluding diaryl/α,β-unsaturated/α-hetero) is 1. The Morgan fingerprint density at radius 1 is 1.13 bits per heavy atom. The quantitative estimate of drug-likeness (QED) is 0.552. The van der Waals surface area contributed by atoms with E-state index in [1.54, 1.807) is 4.68 Å². The first-order valence-electron chi connectivity index (χ1n) is 10.3. The van der Waals surface area contributed by atoms with Gasteiger partial charge in [-0.25, -0.2) is 4.68 Å². The molecule has 0 saturated heterocycles. The monoisotopic (exact) mass is 478 g/mol. The van der Waals surface area contributed by atoms with Crippen molar-refractivity contribution < 1.29 is 9.53 Å². The average molecular weight is 479 g/mol. The van der Waals surface area contributed by atoms with E-state index in [1.807, 2.05) is 48.5 Å². The van der Waals surface area contributed by atoms with Crippen LogP contribution < -0.4 is 10.1 Å². The summed E-state index contributed by atoms with van der Waals surface area (Å²) in [6, 6.07) is 15.7. The highest BCUT2D eigenvalue weighted by Gasteiger charge is 2.41. The molecule has 0 spiro atoms. The fraction of sp³-hybridized carbons (Fsp3) is 0.292. The predicted molar refractivity (Wildman–Crippen MR) is 122 cm³/mol. The number of carbonyl (C=O) groups excluding carboxylic acids is 1. The summed E-state index contributed by atoms with van der Waals surface area (Å²) in [5, 5.41) is 7.74. The molecule has 1 N–H and O–H groups in total. The summed E-state index contributed by atoms with van der Waals surface area (Å²) < 4.78 is 8.79. The van der Waals surface area contributed by atoms with Crippen LogP contribution >= 0.6 is 15.9 Å². The fourth-order valence-corrected chi connectivity index (χ4v) is 4.62. The second kappa shape index (κ2) is 7.64. The van der Waals surface area contributed by atoms with E-state index in [2.05, 4.69) is 45.2 Å². The summed E-state index contributed by atoms with van der Waals surface area (Å²) >= 11 is 3.45. The third kappa shape index (κ3) is 3.90. The molecule has 0 saturated carbocycles. The Morgan fingerprint density at radius 3 is 2.61 bits per heavy atom. The van der Waals surface area contributed by atoms with Gasteiger partial charge < -0.3 is 10.1 Å². The minimum Gasteiger partial charge on any atom is -0.489 e. The second-order valence-corrected chi connectivity index (χ2v) is 9.79. The molecule has 2 aliphatic rings. The molecule has 2 aromatic carbocycles. The van der Waals surface area contributed by atoms with E-state index in [4.69, 9.17) is 4.74 Å². The third-order valence-corrected chi connectivity index (χ3v) is 6.32. The number of rotatable bonds is 4. The molecule has 1 atom stereocenters. The normalized spacial score (nSPS) is 19.5. The highest BCUT2D eigenvalue weighted by molar-refractivity contribution is 9.10.